The molecule has 0 saturated carbocycles. The number of thiazole rings is 1. The molecule has 1 aromatic carbocycles. The summed E-state index contributed by atoms with van der Waals surface area (Å²) in [6.45, 7) is 0.717. The van der Waals surface area contributed by atoms with Crippen LogP contribution in [0.3, 0.4) is 0 Å². The molecule has 0 radical (unpaired) electrons. The van der Waals surface area contributed by atoms with Crippen molar-refractivity contribution in [2.75, 3.05) is 6.54 Å². The van der Waals surface area contributed by atoms with Gasteiger partial charge in [0.15, 0.2) is 0 Å². The molecule has 92 valence electrons. The highest BCUT2D eigenvalue weighted by molar-refractivity contribution is 7.09. The Morgan fingerprint density at radius 1 is 1.33 bits per heavy atom. The maximum absolute atomic E-state index is 5.51. The minimum Gasteiger partial charge on any atom is -0.345 e. The fourth-order valence-electron chi connectivity index (χ4n) is 1.91. The second-order valence-electron chi connectivity index (χ2n) is 4.15. The van der Waals surface area contributed by atoms with Crippen molar-refractivity contribution >= 4 is 22.4 Å². The van der Waals surface area contributed by atoms with Crippen molar-refractivity contribution in [1.82, 2.24) is 15.0 Å². The van der Waals surface area contributed by atoms with Gasteiger partial charge in [-0.25, -0.2) is 9.97 Å². The Kier molecular flexibility index (Phi) is 3.08. The van der Waals surface area contributed by atoms with Gasteiger partial charge in [-0.2, -0.15) is 0 Å². The van der Waals surface area contributed by atoms with Crippen molar-refractivity contribution in [1.29, 1.82) is 0 Å². The molecule has 0 fully saturated rings. The van der Waals surface area contributed by atoms with Gasteiger partial charge in [-0.3, -0.25) is 0 Å². The van der Waals surface area contributed by atoms with E-state index in [9.17, 15) is 0 Å². The quantitative estimate of drug-likeness (QED) is 0.755. The molecule has 0 aliphatic rings. The third-order valence-electron chi connectivity index (χ3n) is 2.86. The summed E-state index contributed by atoms with van der Waals surface area (Å²) < 4.78 is 0. The molecule has 0 saturated heterocycles. The fourth-order valence-corrected chi connectivity index (χ4v) is 2.76. The second-order valence-corrected chi connectivity index (χ2v) is 5.10. The number of benzene rings is 1. The molecule has 2 aromatic heterocycles. The van der Waals surface area contributed by atoms with Gasteiger partial charge in [0.05, 0.1) is 28.1 Å². The van der Waals surface area contributed by atoms with Crippen LogP contribution in [0.2, 0.25) is 0 Å². The molecule has 18 heavy (non-hydrogen) atoms. The summed E-state index contributed by atoms with van der Waals surface area (Å²) in [5.41, 5.74) is 9.70. The molecular weight excluding hydrogens is 244 g/mol. The number of aromatic nitrogens is 3. The van der Waals surface area contributed by atoms with Crippen molar-refractivity contribution < 1.29 is 0 Å². The van der Waals surface area contributed by atoms with E-state index in [4.69, 9.17) is 5.73 Å². The van der Waals surface area contributed by atoms with E-state index in [1.807, 2.05) is 6.07 Å². The van der Waals surface area contributed by atoms with Gasteiger partial charge in [-0.1, -0.05) is 6.07 Å². The van der Waals surface area contributed by atoms with Crippen LogP contribution in [0.5, 0.6) is 0 Å². The molecule has 0 aliphatic heterocycles. The topological polar surface area (TPSA) is 67.6 Å². The van der Waals surface area contributed by atoms with Crippen LogP contribution in [0.15, 0.2) is 29.9 Å². The Hall–Kier alpha value is -1.72. The monoisotopic (exact) mass is 258 g/mol. The van der Waals surface area contributed by atoms with Crippen LogP contribution >= 0.6 is 11.3 Å². The van der Waals surface area contributed by atoms with Crippen LogP contribution in [-0.2, 0) is 6.42 Å². The summed E-state index contributed by atoms with van der Waals surface area (Å²) in [6.07, 6.45) is 3.67. The minimum absolute atomic E-state index is 0.717. The van der Waals surface area contributed by atoms with Crippen molar-refractivity contribution in [3.63, 3.8) is 0 Å². The third kappa shape index (κ3) is 2.14. The summed E-state index contributed by atoms with van der Waals surface area (Å²) in [5, 5.41) is 3.25. The maximum atomic E-state index is 5.51. The highest BCUT2D eigenvalue weighted by Gasteiger charge is 2.06. The Morgan fingerprint density at radius 3 is 3.17 bits per heavy atom. The van der Waals surface area contributed by atoms with Crippen molar-refractivity contribution in [2.45, 2.75) is 12.8 Å². The van der Waals surface area contributed by atoms with Crippen LogP contribution in [0.25, 0.3) is 22.3 Å². The summed E-state index contributed by atoms with van der Waals surface area (Å²) in [4.78, 5) is 12.0. The number of hydrogen-bond acceptors (Lipinski definition) is 4. The van der Waals surface area contributed by atoms with Gasteiger partial charge in [0.1, 0.15) is 0 Å². The SMILES string of the molecule is NCCCc1nc(-c2ccc3nc[nH]c3c2)cs1. The lowest BCUT2D eigenvalue weighted by molar-refractivity contribution is 0.827. The molecule has 0 unspecified atom stereocenters. The average Bonchev–Trinajstić information content (AvgIpc) is 3.04. The Morgan fingerprint density at radius 2 is 2.28 bits per heavy atom. The zero-order valence-corrected chi connectivity index (χ0v) is 10.7. The predicted octanol–water partition coefficient (Wildman–Crippen LogP) is 2.58. The molecule has 0 amide bonds. The number of nitrogens with two attached hydrogens (primary N) is 1. The first-order valence-electron chi connectivity index (χ1n) is 5.95. The lowest BCUT2D eigenvalue weighted by Gasteiger charge is -1.96. The zero-order chi connectivity index (χ0) is 12.4. The van der Waals surface area contributed by atoms with Crippen LogP contribution in [0.4, 0.5) is 0 Å². The summed E-state index contributed by atoms with van der Waals surface area (Å²) in [5.74, 6) is 0. The third-order valence-corrected chi connectivity index (χ3v) is 3.77. The molecular formula is C13H14N4S. The van der Waals surface area contributed by atoms with E-state index in [1.165, 1.54) is 0 Å². The lowest BCUT2D eigenvalue weighted by Crippen LogP contribution is -1.99. The van der Waals surface area contributed by atoms with E-state index in [1.54, 1.807) is 17.7 Å². The van der Waals surface area contributed by atoms with Gasteiger partial charge < -0.3 is 10.7 Å². The molecule has 0 aliphatic carbocycles. The molecule has 4 nitrogen and oxygen atoms in total. The van der Waals surface area contributed by atoms with E-state index in [-0.39, 0.29) is 0 Å². The second kappa shape index (κ2) is 4.88. The van der Waals surface area contributed by atoms with Crippen LogP contribution < -0.4 is 5.73 Å². The lowest BCUT2D eigenvalue weighted by atomic mass is 10.1. The minimum atomic E-state index is 0.717. The number of nitrogens with zero attached hydrogens (tertiary/aromatic N) is 2. The number of hydrogen-bond donors (Lipinski definition) is 2. The van der Waals surface area contributed by atoms with E-state index < -0.39 is 0 Å². The predicted molar refractivity (Wildman–Crippen MR) is 74.6 cm³/mol. The van der Waals surface area contributed by atoms with Gasteiger partial charge in [0.2, 0.25) is 0 Å². The van der Waals surface area contributed by atoms with Crippen molar-refractivity contribution in [2.24, 2.45) is 5.73 Å². The first-order valence-corrected chi connectivity index (χ1v) is 6.83. The van der Waals surface area contributed by atoms with Crippen LogP contribution in [-0.4, -0.2) is 21.5 Å². The largest absolute Gasteiger partial charge is 0.345 e. The van der Waals surface area contributed by atoms with Gasteiger partial charge >= 0.3 is 0 Å². The van der Waals surface area contributed by atoms with Gasteiger partial charge in [-0.05, 0) is 25.1 Å². The maximum Gasteiger partial charge on any atom is 0.0933 e. The molecule has 0 spiro atoms. The number of aromatic amines is 1. The summed E-state index contributed by atoms with van der Waals surface area (Å²) in [7, 11) is 0. The highest BCUT2D eigenvalue weighted by atomic mass is 32.1. The van der Waals surface area contributed by atoms with E-state index in [0.29, 0.717) is 0 Å². The number of aryl methyl sites for hydroxylation is 1. The van der Waals surface area contributed by atoms with Crippen molar-refractivity contribution in [3.05, 3.63) is 34.9 Å². The molecule has 5 heteroatoms. The first kappa shape index (κ1) is 11.4. The molecule has 3 rings (SSSR count). The van der Waals surface area contributed by atoms with Crippen LogP contribution in [0, 0.1) is 0 Å². The number of rotatable bonds is 4. The first-order chi connectivity index (χ1) is 8.86. The smallest absolute Gasteiger partial charge is 0.0933 e. The van der Waals surface area contributed by atoms with Crippen LogP contribution in [0.1, 0.15) is 11.4 Å². The molecule has 2 heterocycles. The van der Waals surface area contributed by atoms with Gasteiger partial charge in [0.25, 0.3) is 0 Å². The van der Waals surface area contributed by atoms with Gasteiger partial charge in [-0.15, -0.1) is 11.3 Å². The normalized spacial score (nSPS) is 11.2. The molecule has 3 N–H and O–H groups in total. The number of fused-ring (bicyclic) bond motifs is 1. The average molecular weight is 258 g/mol. The molecule has 3 aromatic rings. The van der Waals surface area contributed by atoms with E-state index >= 15 is 0 Å². The summed E-state index contributed by atoms with van der Waals surface area (Å²) >= 11 is 1.70. The molecule has 0 atom stereocenters. The fraction of sp³-hybridized carbons (Fsp3) is 0.231. The number of nitrogens with one attached hydrogen (secondary N) is 1. The Balaban J connectivity index is 1.90. The zero-order valence-electron chi connectivity index (χ0n) is 9.89. The highest BCUT2D eigenvalue weighted by Crippen LogP contribution is 2.24. The standard InChI is InChI=1S/C13H14N4S/c14-5-1-2-13-17-12(7-18-13)9-3-4-10-11(6-9)16-8-15-10/h3-4,6-8H,1-2,5,14H2,(H,15,16). The van der Waals surface area contributed by atoms with E-state index in [2.05, 4.69) is 32.5 Å². The number of imidazole rings is 1. The molecule has 0 bridgehead atoms. The Bertz CT molecular complexity index is 656. The Labute approximate surface area is 109 Å². The van der Waals surface area contributed by atoms with Crippen molar-refractivity contribution in [3.8, 4) is 11.3 Å². The van der Waals surface area contributed by atoms with E-state index in [0.717, 1.165) is 46.7 Å². The number of H-pyrrole nitrogens is 1. The van der Waals surface area contributed by atoms with Gasteiger partial charge in [0, 0.05) is 17.4 Å². The summed E-state index contributed by atoms with van der Waals surface area (Å²) in [6, 6.07) is 6.16.